The van der Waals surface area contributed by atoms with Crippen LogP contribution in [-0.2, 0) is 0 Å². The zero-order valence-corrected chi connectivity index (χ0v) is 13.9. The Bertz CT molecular complexity index is 910. The van der Waals surface area contributed by atoms with Crippen LogP contribution in [0.5, 0.6) is 0 Å². The monoisotopic (exact) mass is 307 g/mol. The van der Waals surface area contributed by atoms with Gasteiger partial charge in [0.05, 0.1) is 0 Å². The fourth-order valence-electron chi connectivity index (χ4n) is 2.63. The molecule has 0 spiro atoms. The van der Waals surface area contributed by atoms with Gasteiger partial charge < -0.3 is 14.8 Å². The number of nitrogens with one attached hydrogen (secondary N) is 1. The van der Waals surface area contributed by atoms with Crippen LogP contribution < -0.4 is 15.4 Å². The van der Waals surface area contributed by atoms with Crippen molar-refractivity contribution in [3.05, 3.63) is 58.9 Å². The Morgan fingerprint density at radius 3 is 2.22 bits per heavy atom. The summed E-state index contributed by atoms with van der Waals surface area (Å²) < 4.78 is 0. The molecule has 0 aliphatic heterocycles. The summed E-state index contributed by atoms with van der Waals surface area (Å²) in [7, 11) is 7.95. The highest BCUT2D eigenvalue weighted by molar-refractivity contribution is 5.88. The number of nitrogens with zero attached hydrogens (tertiary/aromatic N) is 2. The number of hydrogen-bond donors (Lipinski definition) is 1. The average Bonchev–Trinajstić information content (AvgIpc) is 2.54. The van der Waals surface area contributed by atoms with Crippen LogP contribution in [0.2, 0.25) is 0 Å². The van der Waals surface area contributed by atoms with Crippen molar-refractivity contribution in [2.24, 2.45) is 0 Å². The molecule has 0 saturated carbocycles. The smallest absolute Gasteiger partial charge is 0.256 e. The summed E-state index contributed by atoms with van der Waals surface area (Å²) in [4.78, 5) is 19.5. The highest BCUT2D eigenvalue weighted by Crippen LogP contribution is 2.25. The predicted octanol–water partition coefficient (Wildman–Crippen LogP) is 3.33. The molecule has 23 heavy (non-hydrogen) atoms. The fourth-order valence-corrected chi connectivity index (χ4v) is 2.63. The lowest BCUT2D eigenvalue weighted by Gasteiger charge is -2.15. The minimum Gasteiger partial charge on any atom is -0.378 e. The summed E-state index contributed by atoms with van der Waals surface area (Å²) >= 11 is 0. The van der Waals surface area contributed by atoms with Gasteiger partial charge in [-0.1, -0.05) is 18.2 Å². The second kappa shape index (κ2) is 5.80. The number of rotatable bonds is 3. The SMILES string of the molecule is CN(C)c1cccc(-c2cc3ccc(N(C)C)cc3c(=O)[nH]2)c1. The van der Waals surface area contributed by atoms with Crippen LogP contribution in [0.1, 0.15) is 0 Å². The Labute approximate surface area is 136 Å². The molecule has 0 saturated heterocycles. The molecule has 4 heteroatoms. The summed E-state index contributed by atoms with van der Waals surface area (Å²) in [6.07, 6.45) is 0. The molecule has 0 fully saturated rings. The maximum Gasteiger partial charge on any atom is 0.256 e. The van der Waals surface area contributed by atoms with E-state index in [1.54, 1.807) is 0 Å². The summed E-state index contributed by atoms with van der Waals surface area (Å²) in [6, 6.07) is 16.1. The second-order valence-corrected chi connectivity index (χ2v) is 6.12. The molecule has 118 valence electrons. The van der Waals surface area contributed by atoms with Crippen molar-refractivity contribution in [2.45, 2.75) is 0 Å². The molecule has 0 aliphatic rings. The van der Waals surface area contributed by atoms with E-state index in [1.807, 2.05) is 80.5 Å². The summed E-state index contributed by atoms with van der Waals surface area (Å²) in [5.41, 5.74) is 3.91. The molecular weight excluding hydrogens is 286 g/mol. The van der Waals surface area contributed by atoms with E-state index >= 15 is 0 Å². The van der Waals surface area contributed by atoms with Gasteiger partial charge >= 0.3 is 0 Å². The molecule has 2 aromatic carbocycles. The zero-order chi connectivity index (χ0) is 16.6. The number of anilines is 2. The molecular formula is C19H21N3O. The number of fused-ring (bicyclic) bond motifs is 1. The lowest BCUT2D eigenvalue weighted by molar-refractivity contribution is 1.13. The van der Waals surface area contributed by atoms with Gasteiger partial charge in [0, 0.05) is 56.2 Å². The van der Waals surface area contributed by atoms with E-state index < -0.39 is 0 Å². The van der Waals surface area contributed by atoms with Crippen molar-refractivity contribution in [2.75, 3.05) is 38.0 Å². The first-order valence-electron chi connectivity index (χ1n) is 7.58. The normalized spacial score (nSPS) is 10.8. The minimum absolute atomic E-state index is 0.0588. The van der Waals surface area contributed by atoms with E-state index in [0.29, 0.717) is 5.39 Å². The van der Waals surface area contributed by atoms with Crippen LogP contribution in [0, 0.1) is 0 Å². The molecule has 4 nitrogen and oxygen atoms in total. The highest BCUT2D eigenvalue weighted by Gasteiger charge is 2.07. The first-order valence-corrected chi connectivity index (χ1v) is 7.58. The van der Waals surface area contributed by atoms with E-state index in [-0.39, 0.29) is 5.56 Å². The van der Waals surface area contributed by atoms with Gasteiger partial charge in [-0.2, -0.15) is 0 Å². The number of aromatic nitrogens is 1. The first kappa shape index (κ1) is 15.2. The maximum absolute atomic E-state index is 12.5. The molecule has 1 N–H and O–H groups in total. The van der Waals surface area contributed by atoms with Gasteiger partial charge in [-0.05, 0) is 35.7 Å². The third-order valence-corrected chi connectivity index (χ3v) is 4.02. The van der Waals surface area contributed by atoms with Crippen LogP contribution in [-0.4, -0.2) is 33.2 Å². The van der Waals surface area contributed by atoms with Crippen LogP contribution in [0.4, 0.5) is 11.4 Å². The van der Waals surface area contributed by atoms with Gasteiger partial charge in [0.1, 0.15) is 0 Å². The topological polar surface area (TPSA) is 39.3 Å². The Balaban J connectivity index is 2.15. The summed E-state index contributed by atoms with van der Waals surface area (Å²) in [5.74, 6) is 0. The molecule has 0 bridgehead atoms. The van der Waals surface area contributed by atoms with E-state index in [2.05, 4.69) is 11.1 Å². The molecule has 3 aromatic rings. The first-order chi connectivity index (χ1) is 11.0. The Morgan fingerprint density at radius 1 is 0.826 bits per heavy atom. The van der Waals surface area contributed by atoms with Crippen LogP contribution >= 0.6 is 0 Å². The van der Waals surface area contributed by atoms with Crippen molar-refractivity contribution < 1.29 is 0 Å². The average molecular weight is 307 g/mol. The Hall–Kier alpha value is -2.75. The molecule has 1 aromatic heterocycles. The number of benzene rings is 2. The Morgan fingerprint density at radius 2 is 1.52 bits per heavy atom. The van der Waals surface area contributed by atoms with Crippen molar-refractivity contribution in [1.29, 1.82) is 0 Å². The summed E-state index contributed by atoms with van der Waals surface area (Å²) in [5, 5.41) is 1.66. The predicted molar refractivity (Wildman–Crippen MR) is 98.7 cm³/mol. The van der Waals surface area contributed by atoms with Crippen molar-refractivity contribution in [3.63, 3.8) is 0 Å². The van der Waals surface area contributed by atoms with Gasteiger partial charge in [-0.3, -0.25) is 4.79 Å². The van der Waals surface area contributed by atoms with Crippen molar-refractivity contribution in [1.82, 2.24) is 4.98 Å². The van der Waals surface area contributed by atoms with Gasteiger partial charge in [0.2, 0.25) is 0 Å². The summed E-state index contributed by atoms with van der Waals surface area (Å²) in [6.45, 7) is 0. The zero-order valence-electron chi connectivity index (χ0n) is 13.9. The van der Waals surface area contributed by atoms with Gasteiger partial charge in [-0.25, -0.2) is 0 Å². The molecule has 0 aliphatic carbocycles. The quantitative estimate of drug-likeness (QED) is 0.807. The number of aromatic amines is 1. The highest BCUT2D eigenvalue weighted by atomic mass is 16.1. The third kappa shape index (κ3) is 2.93. The molecule has 0 atom stereocenters. The van der Waals surface area contributed by atoms with Crippen LogP contribution in [0.15, 0.2) is 53.3 Å². The molecule has 0 unspecified atom stereocenters. The number of pyridine rings is 1. The molecule has 0 amide bonds. The van der Waals surface area contributed by atoms with E-state index in [4.69, 9.17) is 0 Å². The van der Waals surface area contributed by atoms with Crippen LogP contribution in [0.3, 0.4) is 0 Å². The molecule has 3 rings (SSSR count). The number of hydrogen-bond acceptors (Lipinski definition) is 3. The van der Waals surface area contributed by atoms with Crippen molar-refractivity contribution in [3.8, 4) is 11.3 Å². The van der Waals surface area contributed by atoms with E-state index in [9.17, 15) is 4.79 Å². The largest absolute Gasteiger partial charge is 0.378 e. The van der Waals surface area contributed by atoms with Gasteiger partial charge in [0.15, 0.2) is 0 Å². The van der Waals surface area contributed by atoms with E-state index in [0.717, 1.165) is 28.0 Å². The standard InChI is InChI=1S/C19H21N3O/c1-21(2)15-7-5-6-14(10-15)18-11-13-8-9-16(22(3)4)12-17(13)19(23)20-18/h5-12H,1-4H3,(H,20,23). The molecule has 0 radical (unpaired) electrons. The number of H-pyrrole nitrogens is 1. The third-order valence-electron chi connectivity index (χ3n) is 4.02. The fraction of sp³-hybridized carbons (Fsp3) is 0.211. The van der Waals surface area contributed by atoms with Gasteiger partial charge in [-0.15, -0.1) is 0 Å². The molecule has 1 heterocycles. The van der Waals surface area contributed by atoms with Crippen LogP contribution in [0.25, 0.3) is 22.0 Å². The Kier molecular flexibility index (Phi) is 3.82. The minimum atomic E-state index is -0.0588. The second-order valence-electron chi connectivity index (χ2n) is 6.12. The van der Waals surface area contributed by atoms with E-state index in [1.165, 1.54) is 0 Å². The lowest BCUT2D eigenvalue weighted by atomic mass is 10.1. The lowest BCUT2D eigenvalue weighted by Crippen LogP contribution is -2.12. The van der Waals surface area contributed by atoms with Gasteiger partial charge in [0.25, 0.3) is 5.56 Å². The maximum atomic E-state index is 12.5. The van der Waals surface area contributed by atoms with Crippen molar-refractivity contribution >= 4 is 22.1 Å².